The van der Waals surface area contributed by atoms with Crippen LogP contribution < -0.4 is 5.73 Å². The van der Waals surface area contributed by atoms with Gasteiger partial charge in [0.2, 0.25) is 5.91 Å². The van der Waals surface area contributed by atoms with Gasteiger partial charge in [-0.05, 0) is 6.92 Å². The molecule has 0 saturated carbocycles. The molecule has 1 atom stereocenters. The maximum absolute atomic E-state index is 10.5. The molecule has 0 aromatic heterocycles. The van der Waals surface area contributed by atoms with Crippen LogP contribution in [0.2, 0.25) is 0 Å². The first kappa shape index (κ1) is 9.39. The van der Waals surface area contributed by atoms with Crippen LogP contribution in [-0.4, -0.2) is 25.2 Å². The van der Waals surface area contributed by atoms with E-state index in [2.05, 4.69) is 6.92 Å². The van der Waals surface area contributed by atoms with Gasteiger partial charge in [-0.1, -0.05) is 0 Å². The molecule has 0 bridgehead atoms. The Bertz CT molecular complexity index is 105. The molecular weight excluding hydrogens is 134 g/mol. The summed E-state index contributed by atoms with van der Waals surface area (Å²) in [4.78, 5) is 10.1. The zero-order chi connectivity index (χ0) is 7.98. The maximum atomic E-state index is 10.5. The molecule has 0 fully saturated rings. The van der Waals surface area contributed by atoms with Crippen molar-refractivity contribution >= 4 is 5.91 Å². The minimum atomic E-state index is -1.34. The zero-order valence-electron chi connectivity index (χ0n) is 5.71. The Morgan fingerprint density at radius 2 is 2.30 bits per heavy atom. The molecule has 0 heterocycles. The summed E-state index contributed by atoms with van der Waals surface area (Å²) in [5.74, 6) is -0.826. The van der Waals surface area contributed by atoms with E-state index in [0.29, 0.717) is 6.61 Å². The number of primary amides is 1. The van der Waals surface area contributed by atoms with Crippen LogP contribution in [0.5, 0.6) is 0 Å². The predicted molar refractivity (Wildman–Crippen MR) is 34.5 cm³/mol. The minimum absolute atomic E-state index is 0.130. The number of nitrogens with two attached hydrogens (primary N) is 1. The Morgan fingerprint density at radius 3 is 2.70 bits per heavy atom. The van der Waals surface area contributed by atoms with Gasteiger partial charge in [-0.3, -0.25) is 4.79 Å². The molecule has 0 saturated heterocycles. The lowest BCUT2D eigenvalue weighted by atomic mass is 10.2. The summed E-state index contributed by atoms with van der Waals surface area (Å²) < 4.78 is 4.74. The number of rotatable bonds is 5. The van der Waals surface area contributed by atoms with Crippen molar-refractivity contribution in [2.75, 3.05) is 13.2 Å². The first-order valence-electron chi connectivity index (χ1n) is 3.00. The molecule has 10 heavy (non-hydrogen) atoms. The van der Waals surface area contributed by atoms with Crippen molar-refractivity contribution in [3.63, 3.8) is 0 Å². The number of carbonyl (C=O) groups excluding carboxylic acids is 1. The van der Waals surface area contributed by atoms with E-state index in [0.717, 1.165) is 0 Å². The number of amides is 1. The van der Waals surface area contributed by atoms with E-state index in [-0.39, 0.29) is 13.0 Å². The Labute approximate surface area is 60.0 Å². The largest absolute Gasteiger partial charge is 0.381 e. The van der Waals surface area contributed by atoms with E-state index in [1.165, 1.54) is 0 Å². The summed E-state index contributed by atoms with van der Waals surface area (Å²) in [6.45, 7) is 3.95. The average molecular weight is 145 g/mol. The molecule has 0 aliphatic heterocycles. The summed E-state index contributed by atoms with van der Waals surface area (Å²) in [6.07, 6.45) is -1.21. The average Bonchev–Trinajstić information content (AvgIpc) is 1.88. The molecule has 0 spiro atoms. The van der Waals surface area contributed by atoms with Gasteiger partial charge in [-0.2, -0.15) is 0 Å². The van der Waals surface area contributed by atoms with Crippen LogP contribution in [0.15, 0.2) is 0 Å². The van der Waals surface area contributed by atoms with Crippen molar-refractivity contribution < 1.29 is 14.6 Å². The predicted octanol–water partition coefficient (Wildman–Crippen LogP) is -0.488. The van der Waals surface area contributed by atoms with Gasteiger partial charge in [-0.15, -0.1) is 0 Å². The summed E-state index contributed by atoms with van der Waals surface area (Å²) in [5, 5.41) is 10.5. The van der Waals surface area contributed by atoms with E-state index < -0.39 is 12.0 Å². The lowest BCUT2D eigenvalue weighted by Gasteiger charge is -2.02. The third-order valence-electron chi connectivity index (χ3n) is 0.986. The van der Waals surface area contributed by atoms with E-state index in [1.807, 2.05) is 0 Å². The van der Waals surface area contributed by atoms with Crippen LogP contribution >= 0.6 is 0 Å². The molecule has 0 aliphatic rings. The van der Waals surface area contributed by atoms with Crippen LogP contribution in [0, 0.1) is 6.92 Å². The first-order valence-corrected chi connectivity index (χ1v) is 3.00. The van der Waals surface area contributed by atoms with E-state index in [9.17, 15) is 9.90 Å². The molecule has 0 aromatic rings. The highest BCUT2D eigenvalue weighted by Gasteiger charge is 2.11. The van der Waals surface area contributed by atoms with Gasteiger partial charge in [-0.25, -0.2) is 5.11 Å². The number of carbonyl (C=O) groups is 1. The molecule has 4 heteroatoms. The Kier molecular flexibility index (Phi) is 4.88. The highest BCUT2D eigenvalue weighted by Crippen LogP contribution is 1.91. The molecule has 2 radical (unpaired) electrons. The summed E-state index contributed by atoms with van der Waals surface area (Å²) in [5.41, 5.74) is 4.70. The monoisotopic (exact) mass is 145 g/mol. The standard InChI is InChI=1S/C6H11NO3/c1-2-10-4-3-5(8)6(7)9/h5H,1-4H2,(H2,7,9). The smallest absolute Gasteiger partial charge is 0.250 e. The van der Waals surface area contributed by atoms with Crippen LogP contribution in [0.25, 0.3) is 0 Å². The van der Waals surface area contributed by atoms with Gasteiger partial charge in [0.05, 0.1) is 0 Å². The molecule has 0 rings (SSSR count). The van der Waals surface area contributed by atoms with Crippen molar-refractivity contribution in [1.29, 1.82) is 0 Å². The van der Waals surface area contributed by atoms with Gasteiger partial charge >= 0.3 is 0 Å². The minimum Gasteiger partial charge on any atom is -0.381 e. The van der Waals surface area contributed by atoms with Crippen LogP contribution in [0.1, 0.15) is 6.42 Å². The summed E-state index contributed by atoms with van der Waals surface area (Å²) in [6, 6.07) is 0. The molecule has 0 aromatic carbocycles. The second-order valence-corrected chi connectivity index (χ2v) is 1.79. The zero-order valence-corrected chi connectivity index (χ0v) is 5.71. The Morgan fingerprint density at radius 1 is 1.70 bits per heavy atom. The van der Waals surface area contributed by atoms with Gasteiger partial charge < -0.3 is 10.5 Å². The highest BCUT2D eigenvalue weighted by atomic mass is 16.5. The Hall–Kier alpha value is -0.610. The molecular formula is C6H11NO3. The van der Waals surface area contributed by atoms with Gasteiger partial charge in [0, 0.05) is 19.6 Å². The lowest BCUT2D eigenvalue weighted by molar-refractivity contribution is -0.130. The van der Waals surface area contributed by atoms with E-state index >= 15 is 0 Å². The van der Waals surface area contributed by atoms with E-state index in [1.54, 1.807) is 0 Å². The topological polar surface area (TPSA) is 72.2 Å². The number of hydrogen-bond acceptors (Lipinski definition) is 2. The second kappa shape index (κ2) is 5.20. The quantitative estimate of drug-likeness (QED) is 0.530. The normalized spacial score (nSPS) is 13.0. The molecule has 4 nitrogen and oxygen atoms in total. The lowest BCUT2D eigenvalue weighted by Crippen LogP contribution is -2.28. The molecule has 58 valence electrons. The second-order valence-electron chi connectivity index (χ2n) is 1.79. The molecule has 2 N–H and O–H groups in total. The molecule has 1 unspecified atom stereocenters. The van der Waals surface area contributed by atoms with Crippen molar-refractivity contribution in [1.82, 2.24) is 0 Å². The van der Waals surface area contributed by atoms with Crippen molar-refractivity contribution in [3.8, 4) is 0 Å². The number of ether oxygens (including phenoxy) is 1. The van der Waals surface area contributed by atoms with Crippen molar-refractivity contribution in [2.45, 2.75) is 12.5 Å². The first-order chi connectivity index (χ1) is 4.68. The molecule has 0 aliphatic carbocycles. The van der Waals surface area contributed by atoms with Crippen molar-refractivity contribution in [3.05, 3.63) is 6.92 Å². The fourth-order valence-electron chi connectivity index (χ4n) is 0.435. The maximum Gasteiger partial charge on any atom is 0.250 e. The third kappa shape index (κ3) is 4.29. The van der Waals surface area contributed by atoms with Gasteiger partial charge in [0.25, 0.3) is 0 Å². The summed E-state index contributed by atoms with van der Waals surface area (Å²) >= 11 is 0. The van der Waals surface area contributed by atoms with Crippen LogP contribution in [-0.2, 0) is 14.6 Å². The van der Waals surface area contributed by atoms with Crippen molar-refractivity contribution in [2.24, 2.45) is 5.73 Å². The fraction of sp³-hybridized carbons (Fsp3) is 0.667. The van der Waals surface area contributed by atoms with Gasteiger partial charge in [0.1, 0.15) is 0 Å². The molecule has 1 amide bonds. The number of hydrogen-bond donors (Lipinski definition) is 1. The third-order valence-corrected chi connectivity index (χ3v) is 0.986. The van der Waals surface area contributed by atoms with Gasteiger partial charge in [0.15, 0.2) is 6.10 Å². The van der Waals surface area contributed by atoms with Crippen LogP contribution in [0.4, 0.5) is 0 Å². The highest BCUT2D eigenvalue weighted by molar-refractivity contribution is 5.78. The Balaban J connectivity index is 3.21. The fourth-order valence-corrected chi connectivity index (χ4v) is 0.435. The summed E-state index contributed by atoms with van der Waals surface area (Å²) in [7, 11) is 0. The van der Waals surface area contributed by atoms with E-state index in [4.69, 9.17) is 10.5 Å². The van der Waals surface area contributed by atoms with Crippen LogP contribution in [0.3, 0.4) is 0 Å². The SMILES string of the molecule is [CH2]COCCC([O])C(N)=O.